The topological polar surface area (TPSA) is 51.3 Å². The predicted molar refractivity (Wildman–Crippen MR) is 77.9 cm³/mol. The number of halogens is 1. The summed E-state index contributed by atoms with van der Waals surface area (Å²) in [6.07, 6.45) is 8.31. The minimum Gasteiger partial charge on any atom is -0.339 e. The van der Waals surface area contributed by atoms with Crippen LogP contribution in [0.15, 0.2) is 12.3 Å². The normalized spacial score (nSPS) is 32.7. The molecule has 108 valence electrons. The Labute approximate surface area is 123 Å². The van der Waals surface area contributed by atoms with Crippen LogP contribution in [-0.2, 0) is 0 Å². The monoisotopic (exact) mass is 293 g/mol. The maximum atomic E-state index is 12.9. The van der Waals surface area contributed by atoms with E-state index in [4.69, 9.17) is 17.3 Å². The number of aromatic nitrogens is 1. The lowest BCUT2D eigenvalue weighted by Crippen LogP contribution is -2.50. The van der Waals surface area contributed by atoms with E-state index in [0.29, 0.717) is 23.1 Å². The van der Waals surface area contributed by atoms with Crippen LogP contribution in [-0.4, -0.2) is 33.5 Å². The fraction of sp³-hybridized carbons (Fsp3) is 0.667. The average Bonchev–Trinajstić information content (AvgIpc) is 3.12. The first kappa shape index (κ1) is 12.7. The summed E-state index contributed by atoms with van der Waals surface area (Å²) in [6, 6.07) is 3.23. The quantitative estimate of drug-likeness (QED) is 0.911. The van der Waals surface area contributed by atoms with Crippen LogP contribution < -0.4 is 5.73 Å². The summed E-state index contributed by atoms with van der Waals surface area (Å²) in [5, 5.41) is 0.668. The van der Waals surface area contributed by atoms with Gasteiger partial charge in [-0.05, 0) is 44.6 Å². The van der Waals surface area contributed by atoms with Gasteiger partial charge in [0.2, 0.25) is 0 Å². The van der Waals surface area contributed by atoms with Gasteiger partial charge in [0.15, 0.2) is 0 Å². The summed E-state index contributed by atoms with van der Waals surface area (Å²) >= 11 is 6.12. The summed E-state index contributed by atoms with van der Waals surface area (Å²) in [7, 11) is 0. The van der Waals surface area contributed by atoms with E-state index in [0.717, 1.165) is 44.2 Å². The molecule has 1 aromatic heterocycles. The Kier molecular flexibility index (Phi) is 2.86. The minimum absolute atomic E-state index is 0.156. The SMILES string of the molecule is NC1CC2CCC(C1)N2C(=O)c1cc(Cl)cn1C1CC1. The molecule has 20 heavy (non-hydrogen) atoms. The van der Waals surface area contributed by atoms with Crippen molar-refractivity contribution in [3.63, 3.8) is 0 Å². The van der Waals surface area contributed by atoms with Crippen molar-refractivity contribution in [3.05, 3.63) is 23.0 Å². The van der Waals surface area contributed by atoms with E-state index in [2.05, 4.69) is 9.47 Å². The fourth-order valence-corrected chi connectivity index (χ4v) is 4.16. The number of piperidine rings is 1. The first-order valence-corrected chi connectivity index (χ1v) is 7.97. The molecule has 2 bridgehead atoms. The van der Waals surface area contributed by atoms with Crippen LogP contribution in [0.5, 0.6) is 0 Å². The van der Waals surface area contributed by atoms with Gasteiger partial charge in [-0.3, -0.25) is 4.79 Å². The smallest absolute Gasteiger partial charge is 0.271 e. The molecule has 3 fully saturated rings. The Balaban J connectivity index is 1.64. The molecule has 3 aliphatic rings. The van der Waals surface area contributed by atoms with Gasteiger partial charge in [0.25, 0.3) is 5.91 Å². The lowest BCUT2D eigenvalue weighted by Gasteiger charge is -2.37. The van der Waals surface area contributed by atoms with Crippen molar-refractivity contribution in [2.75, 3.05) is 0 Å². The number of hydrogen-bond acceptors (Lipinski definition) is 2. The first-order valence-electron chi connectivity index (χ1n) is 7.59. The lowest BCUT2D eigenvalue weighted by atomic mass is 9.98. The van der Waals surface area contributed by atoms with Gasteiger partial charge < -0.3 is 15.2 Å². The van der Waals surface area contributed by atoms with Gasteiger partial charge in [0.05, 0.1) is 5.02 Å². The molecule has 4 nitrogen and oxygen atoms in total. The molecule has 1 amide bonds. The second kappa shape index (κ2) is 4.50. The van der Waals surface area contributed by atoms with E-state index in [1.807, 2.05) is 12.3 Å². The first-order chi connectivity index (χ1) is 9.63. The van der Waals surface area contributed by atoms with Crippen LogP contribution in [0.25, 0.3) is 0 Å². The Morgan fingerprint density at radius 3 is 2.35 bits per heavy atom. The van der Waals surface area contributed by atoms with Gasteiger partial charge >= 0.3 is 0 Å². The van der Waals surface area contributed by atoms with E-state index < -0.39 is 0 Å². The van der Waals surface area contributed by atoms with Crippen molar-refractivity contribution < 1.29 is 4.79 Å². The van der Waals surface area contributed by atoms with E-state index in [1.54, 1.807) is 0 Å². The van der Waals surface area contributed by atoms with Crippen molar-refractivity contribution in [1.29, 1.82) is 0 Å². The third kappa shape index (κ3) is 1.97. The summed E-state index contributed by atoms with van der Waals surface area (Å²) in [5.41, 5.74) is 6.85. The Morgan fingerprint density at radius 2 is 1.75 bits per heavy atom. The fourth-order valence-electron chi connectivity index (χ4n) is 3.95. The van der Waals surface area contributed by atoms with Crippen LogP contribution in [0.3, 0.4) is 0 Å². The van der Waals surface area contributed by atoms with Gasteiger partial charge in [0.1, 0.15) is 5.69 Å². The molecule has 2 saturated heterocycles. The number of nitrogens with two attached hydrogens (primary N) is 1. The van der Waals surface area contributed by atoms with Crippen LogP contribution in [0.1, 0.15) is 55.1 Å². The van der Waals surface area contributed by atoms with Crippen LogP contribution in [0.4, 0.5) is 0 Å². The van der Waals surface area contributed by atoms with Crippen molar-refractivity contribution in [1.82, 2.24) is 9.47 Å². The average molecular weight is 294 g/mol. The summed E-state index contributed by atoms with van der Waals surface area (Å²) < 4.78 is 2.08. The number of carbonyl (C=O) groups excluding carboxylic acids is 1. The number of carbonyl (C=O) groups is 1. The molecule has 2 N–H and O–H groups in total. The molecule has 1 saturated carbocycles. The summed E-state index contributed by atoms with van der Waals surface area (Å²) in [5.74, 6) is 0.156. The molecule has 4 rings (SSSR count). The van der Waals surface area contributed by atoms with Crippen molar-refractivity contribution in [2.45, 2.75) is 62.7 Å². The van der Waals surface area contributed by atoms with E-state index in [-0.39, 0.29) is 11.9 Å². The summed E-state index contributed by atoms with van der Waals surface area (Å²) in [6.45, 7) is 0. The number of nitrogens with zero attached hydrogens (tertiary/aromatic N) is 2. The molecular formula is C15H20ClN3O. The van der Waals surface area contributed by atoms with Crippen LogP contribution in [0, 0.1) is 0 Å². The van der Waals surface area contributed by atoms with Gasteiger partial charge in [-0.1, -0.05) is 11.6 Å². The molecule has 1 aromatic rings. The van der Waals surface area contributed by atoms with Gasteiger partial charge in [-0.25, -0.2) is 0 Å². The molecule has 5 heteroatoms. The number of fused-ring (bicyclic) bond motifs is 2. The second-order valence-electron chi connectivity index (χ2n) is 6.51. The zero-order chi connectivity index (χ0) is 13.9. The maximum absolute atomic E-state index is 12.9. The standard InChI is InChI=1S/C15H20ClN3O/c16-9-5-14(18(8-9)11-1-2-11)15(20)19-12-3-4-13(19)7-10(17)6-12/h5,8,10-13H,1-4,6-7,17H2. The zero-order valence-electron chi connectivity index (χ0n) is 11.5. The van der Waals surface area contributed by atoms with E-state index >= 15 is 0 Å². The van der Waals surface area contributed by atoms with Crippen LogP contribution >= 0.6 is 11.6 Å². The summed E-state index contributed by atoms with van der Waals surface area (Å²) in [4.78, 5) is 15.0. The molecule has 0 spiro atoms. The highest BCUT2D eigenvalue weighted by Crippen LogP contribution is 2.40. The van der Waals surface area contributed by atoms with Crippen LogP contribution in [0.2, 0.25) is 5.02 Å². The third-order valence-electron chi connectivity index (χ3n) is 4.98. The molecule has 0 aromatic carbocycles. The molecule has 2 aliphatic heterocycles. The van der Waals surface area contributed by atoms with Crippen molar-refractivity contribution in [2.24, 2.45) is 5.73 Å². The van der Waals surface area contributed by atoms with E-state index in [9.17, 15) is 4.79 Å². The second-order valence-corrected chi connectivity index (χ2v) is 6.95. The predicted octanol–water partition coefficient (Wildman–Crippen LogP) is 2.57. The highest BCUT2D eigenvalue weighted by molar-refractivity contribution is 6.31. The Hall–Kier alpha value is -1.00. The molecule has 1 aliphatic carbocycles. The van der Waals surface area contributed by atoms with Gasteiger partial charge in [-0.2, -0.15) is 0 Å². The van der Waals surface area contributed by atoms with Crippen molar-refractivity contribution >= 4 is 17.5 Å². The Bertz CT molecular complexity index is 537. The number of hydrogen-bond donors (Lipinski definition) is 1. The van der Waals surface area contributed by atoms with E-state index in [1.165, 1.54) is 0 Å². The lowest BCUT2D eigenvalue weighted by molar-refractivity contribution is 0.0563. The molecule has 0 radical (unpaired) electrons. The Morgan fingerprint density at radius 1 is 1.15 bits per heavy atom. The van der Waals surface area contributed by atoms with Crippen molar-refractivity contribution in [3.8, 4) is 0 Å². The molecule has 2 unspecified atom stereocenters. The number of amides is 1. The van der Waals surface area contributed by atoms with Gasteiger partial charge in [-0.15, -0.1) is 0 Å². The maximum Gasteiger partial charge on any atom is 0.271 e. The number of rotatable bonds is 2. The zero-order valence-corrected chi connectivity index (χ0v) is 12.2. The third-order valence-corrected chi connectivity index (χ3v) is 5.19. The molecule has 3 heterocycles. The molecular weight excluding hydrogens is 274 g/mol. The molecule has 2 atom stereocenters. The highest BCUT2D eigenvalue weighted by atomic mass is 35.5. The highest BCUT2D eigenvalue weighted by Gasteiger charge is 2.43. The van der Waals surface area contributed by atoms with Gasteiger partial charge in [0, 0.05) is 30.4 Å². The largest absolute Gasteiger partial charge is 0.339 e. The minimum atomic E-state index is 0.156.